The molecule has 164 valence electrons. The minimum absolute atomic E-state index is 0.0147. The number of carbonyl (C=O) groups is 1. The van der Waals surface area contributed by atoms with Crippen LogP contribution in [0.2, 0.25) is 0 Å². The number of nitrogens with one attached hydrogen (secondary N) is 1. The van der Waals surface area contributed by atoms with E-state index in [1.54, 1.807) is 37.2 Å². The minimum atomic E-state index is -2.62. The number of amides is 1. The van der Waals surface area contributed by atoms with E-state index in [1.165, 1.54) is 6.26 Å². The van der Waals surface area contributed by atoms with Crippen LogP contribution < -0.4 is 10.2 Å². The third-order valence-corrected chi connectivity index (χ3v) is 5.96. The molecule has 8 heteroatoms. The molecule has 0 unspecified atom stereocenters. The first-order chi connectivity index (χ1) is 15.5. The van der Waals surface area contributed by atoms with E-state index in [0.717, 1.165) is 29.8 Å². The maximum atomic E-state index is 14.1. The molecule has 0 saturated carbocycles. The van der Waals surface area contributed by atoms with Crippen LogP contribution in [0.5, 0.6) is 0 Å². The first kappa shape index (κ1) is 20.2. The van der Waals surface area contributed by atoms with Crippen molar-refractivity contribution < 1.29 is 18.0 Å². The Hall–Kier alpha value is -3.68. The van der Waals surface area contributed by atoms with Crippen molar-refractivity contribution in [2.24, 2.45) is 7.05 Å². The van der Waals surface area contributed by atoms with Gasteiger partial charge in [-0.05, 0) is 54.3 Å². The summed E-state index contributed by atoms with van der Waals surface area (Å²) < 4.78 is 35.3. The van der Waals surface area contributed by atoms with Crippen molar-refractivity contribution >= 4 is 28.3 Å². The molecule has 1 N–H and O–H groups in total. The highest BCUT2D eigenvalue weighted by molar-refractivity contribution is 6.06. The number of hydrogen-bond acceptors (Lipinski definition) is 4. The quantitative estimate of drug-likeness (QED) is 0.477. The highest BCUT2D eigenvalue weighted by Gasteiger charge is 2.25. The highest BCUT2D eigenvalue weighted by atomic mass is 19.3. The lowest BCUT2D eigenvalue weighted by Gasteiger charge is -2.32. The maximum Gasteiger partial charge on any atom is 0.264 e. The van der Waals surface area contributed by atoms with E-state index < -0.39 is 6.43 Å². The Morgan fingerprint density at radius 1 is 1.25 bits per heavy atom. The molecule has 3 heterocycles. The number of aromatic nitrogens is 2. The summed E-state index contributed by atoms with van der Waals surface area (Å²) in [6, 6.07) is 9.05. The van der Waals surface area contributed by atoms with E-state index in [-0.39, 0.29) is 11.5 Å². The molecule has 2 aromatic carbocycles. The fraction of sp³-hybridized carbons (Fsp3) is 0.250. The largest absolute Gasteiger partial charge is 0.463 e. The van der Waals surface area contributed by atoms with Crippen molar-refractivity contribution in [3.8, 4) is 11.1 Å². The van der Waals surface area contributed by atoms with E-state index in [4.69, 9.17) is 4.42 Å². The van der Waals surface area contributed by atoms with Gasteiger partial charge in [0.1, 0.15) is 11.8 Å². The number of benzene rings is 2. The summed E-state index contributed by atoms with van der Waals surface area (Å²) in [5.41, 5.74) is 4.84. The van der Waals surface area contributed by atoms with Gasteiger partial charge in [-0.1, -0.05) is 0 Å². The van der Waals surface area contributed by atoms with Gasteiger partial charge < -0.3 is 14.6 Å². The summed E-state index contributed by atoms with van der Waals surface area (Å²) in [5, 5.41) is 7.45. The Morgan fingerprint density at radius 3 is 2.81 bits per heavy atom. The maximum absolute atomic E-state index is 14.1. The predicted octanol–water partition coefficient (Wildman–Crippen LogP) is 5.21. The summed E-state index contributed by atoms with van der Waals surface area (Å²) in [5.74, 6) is -0.235. The number of aryl methyl sites for hydroxylation is 2. The number of anilines is 2. The summed E-state index contributed by atoms with van der Waals surface area (Å²) in [6.45, 7) is 0.695. The Balaban J connectivity index is 1.63. The van der Waals surface area contributed by atoms with Gasteiger partial charge in [0.05, 0.1) is 11.8 Å². The zero-order valence-corrected chi connectivity index (χ0v) is 17.7. The Morgan fingerprint density at radius 2 is 2.09 bits per heavy atom. The highest BCUT2D eigenvalue weighted by Crippen LogP contribution is 2.42. The van der Waals surface area contributed by atoms with Crippen LogP contribution in [0.15, 0.2) is 53.4 Å². The fourth-order valence-corrected chi connectivity index (χ4v) is 4.40. The van der Waals surface area contributed by atoms with Gasteiger partial charge >= 0.3 is 0 Å². The van der Waals surface area contributed by atoms with E-state index in [1.807, 2.05) is 29.2 Å². The molecule has 0 bridgehead atoms. The summed E-state index contributed by atoms with van der Waals surface area (Å²) in [7, 11) is 3.34. The second-order valence-electron chi connectivity index (χ2n) is 7.94. The smallest absolute Gasteiger partial charge is 0.264 e. The Bertz CT molecular complexity index is 1330. The summed E-state index contributed by atoms with van der Waals surface area (Å²) in [4.78, 5) is 14.2. The third kappa shape index (κ3) is 3.32. The summed E-state index contributed by atoms with van der Waals surface area (Å²) >= 11 is 0. The number of alkyl halides is 2. The van der Waals surface area contributed by atoms with Crippen LogP contribution in [0.4, 0.5) is 20.2 Å². The van der Waals surface area contributed by atoms with E-state index in [0.29, 0.717) is 34.2 Å². The minimum Gasteiger partial charge on any atom is -0.463 e. The van der Waals surface area contributed by atoms with E-state index in [9.17, 15) is 13.6 Å². The van der Waals surface area contributed by atoms with Crippen molar-refractivity contribution in [3.05, 3.63) is 65.7 Å². The van der Waals surface area contributed by atoms with E-state index in [2.05, 4.69) is 10.4 Å². The van der Waals surface area contributed by atoms with Gasteiger partial charge in [0.15, 0.2) is 0 Å². The average Bonchev–Trinajstić information content (AvgIpc) is 3.43. The molecule has 0 fully saturated rings. The molecule has 32 heavy (non-hydrogen) atoms. The third-order valence-electron chi connectivity index (χ3n) is 5.96. The first-order valence-corrected chi connectivity index (χ1v) is 10.4. The van der Waals surface area contributed by atoms with Crippen LogP contribution in [-0.2, 0) is 13.5 Å². The molecular weight excluding hydrogens is 414 g/mol. The standard InChI is InChI=1S/C24H22F2N4O2/c1-27-24(31)20-13-32-22-6-5-16(9-18(20)22)30-7-3-4-14-8-17(15-11-28-29(2)12-15)19(23(25)26)10-21(14)30/h5-6,8-13,23H,3-4,7H2,1-2H3,(H,27,31). The molecule has 0 radical (unpaired) electrons. The fourth-order valence-electron chi connectivity index (χ4n) is 4.40. The molecule has 2 aromatic heterocycles. The van der Waals surface area contributed by atoms with Gasteiger partial charge in [-0.25, -0.2) is 8.78 Å². The number of halogens is 2. The Labute approximate surface area is 183 Å². The van der Waals surface area contributed by atoms with Crippen LogP contribution in [0.25, 0.3) is 22.1 Å². The Kier molecular flexibility index (Phi) is 4.92. The normalized spacial score (nSPS) is 13.6. The molecule has 0 saturated heterocycles. The van der Waals surface area contributed by atoms with Crippen molar-refractivity contribution in [3.63, 3.8) is 0 Å². The lowest BCUT2D eigenvalue weighted by molar-refractivity contribution is 0.0964. The van der Waals surface area contributed by atoms with Crippen LogP contribution in [0.1, 0.15) is 34.3 Å². The number of hydrogen-bond donors (Lipinski definition) is 1. The van der Waals surface area contributed by atoms with Crippen molar-refractivity contribution in [2.45, 2.75) is 19.3 Å². The number of carbonyl (C=O) groups excluding carboxylic acids is 1. The van der Waals surface area contributed by atoms with Gasteiger partial charge in [-0.3, -0.25) is 9.48 Å². The number of furan rings is 1. The van der Waals surface area contributed by atoms with Gasteiger partial charge in [0, 0.05) is 54.7 Å². The average molecular weight is 436 g/mol. The number of nitrogens with zero attached hydrogens (tertiary/aromatic N) is 3. The zero-order valence-electron chi connectivity index (χ0n) is 17.7. The lowest BCUT2D eigenvalue weighted by atomic mass is 9.92. The molecule has 4 aromatic rings. The number of fused-ring (bicyclic) bond motifs is 2. The molecule has 1 aliphatic heterocycles. The lowest BCUT2D eigenvalue weighted by Crippen LogP contribution is -2.25. The summed E-state index contributed by atoms with van der Waals surface area (Å²) in [6.07, 6.45) is 3.88. The molecule has 1 aliphatic rings. The molecule has 5 rings (SSSR count). The molecule has 0 aliphatic carbocycles. The molecule has 6 nitrogen and oxygen atoms in total. The van der Waals surface area contributed by atoms with E-state index >= 15 is 0 Å². The second-order valence-corrected chi connectivity index (χ2v) is 7.94. The zero-order chi connectivity index (χ0) is 22.4. The molecular formula is C24H22F2N4O2. The molecule has 1 amide bonds. The van der Waals surface area contributed by atoms with Crippen LogP contribution in [0, 0.1) is 0 Å². The first-order valence-electron chi connectivity index (χ1n) is 10.4. The predicted molar refractivity (Wildman–Crippen MR) is 119 cm³/mol. The van der Waals surface area contributed by atoms with Crippen molar-refractivity contribution in [2.75, 3.05) is 18.5 Å². The topological polar surface area (TPSA) is 63.3 Å². The van der Waals surface area contributed by atoms with Crippen LogP contribution in [-0.4, -0.2) is 29.3 Å². The van der Waals surface area contributed by atoms with Crippen LogP contribution in [0.3, 0.4) is 0 Å². The van der Waals surface area contributed by atoms with Gasteiger partial charge in [0.25, 0.3) is 12.3 Å². The van der Waals surface area contributed by atoms with Crippen molar-refractivity contribution in [1.29, 1.82) is 0 Å². The molecule has 0 atom stereocenters. The van der Waals surface area contributed by atoms with Crippen LogP contribution >= 0.6 is 0 Å². The monoisotopic (exact) mass is 436 g/mol. The van der Waals surface area contributed by atoms with Crippen molar-refractivity contribution in [1.82, 2.24) is 15.1 Å². The van der Waals surface area contributed by atoms with Gasteiger partial charge in [0.2, 0.25) is 0 Å². The molecule has 0 spiro atoms. The van der Waals surface area contributed by atoms with Gasteiger partial charge in [-0.15, -0.1) is 0 Å². The number of rotatable bonds is 4. The van der Waals surface area contributed by atoms with Gasteiger partial charge in [-0.2, -0.15) is 5.10 Å². The second kappa shape index (κ2) is 7.78. The SMILES string of the molecule is CNC(=O)c1coc2ccc(N3CCCc4cc(-c5cnn(C)c5)c(C(F)F)cc43)cc12.